The van der Waals surface area contributed by atoms with Gasteiger partial charge < -0.3 is 24.4 Å². The summed E-state index contributed by atoms with van der Waals surface area (Å²) in [6.45, 7) is 12.0. The fraction of sp³-hybridized carbons (Fsp3) is 1.00. The monoisotopic (exact) mass is 278 g/mol. The highest BCUT2D eigenvalue weighted by molar-refractivity contribution is 4.81. The van der Waals surface area contributed by atoms with Gasteiger partial charge in [0.25, 0.3) is 0 Å². The molecule has 2 rings (SSSR count). The van der Waals surface area contributed by atoms with Crippen molar-refractivity contribution in [2.45, 2.75) is 78.2 Å². The molecular weight excluding hydrogens is 248 g/mol. The molecule has 0 radical (unpaired) electrons. The molecule has 2 aliphatic rings. The number of aliphatic hydroxyl groups is 2. The van der Waals surface area contributed by atoms with Crippen LogP contribution in [0.3, 0.4) is 0 Å². The second kappa shape index (κ2) is 8.17. The van der Waals surface area contributed by atoms with Gasteiger partial charge in [0, 0.05) is 6.61 Å². The van der Waals surface area contributed by atoms with Gasteiger partial charge >= 0.3 is 0 Å². The van der Waals surface area contributed by atoms with Crippen molar-refractivity contribution in [1.29, 1.82) is 0 Å². The number of hydrogen-bond acceptors (Lipinski definition) is 5. The molecule has 2 unspecified atom stereocenters. The standard InChI is InChI=1S/C9H16O3.C3H8O2.C2H6/c1-9(2)11-6-8(12-9)7-4-3-5-10-7;1-3(2,4)5;1-2/h7-8H,3-6H2,1-2H3;4-5H,1-2H3;1-2H3. The third-order valence-electron chi connectivity index (χ3n) is 2.41. The van der Waals surface area contributed by atoms with Gasteiger partial charge in [-0.25, -0.2) is 0 Å². The average molecular weight is 278 g/mol. The molecule has 5 heteroatoms. The molecule has 2 N–H and O–H groups in total. The van der Waals surface area contributed by atoms with E-state index >= 15 is 0 Å². The van der Waals surface area contributed by atoms with Crippen LogP contribution in [-0.4, -0.2) is 47.2 Å². The van der Waals surface area contributed by atoms with E-state index in [1.54, 1.807) is 0 Å². The molecule has 2 aliphatic heterocycles. The Morgan fingerprint density at radius 2 is 1.63 bits per heavy atom. The van der Waals surface area contributed by atoms with Crippen LogP contribution in [0.15, 0.2) is 0 Å². The average Bonchev–Trinajstić information content (AvgIpc) is 2.87. The fourth-order valence-electron chi connectivity index (χ4n) is 1.79. The Kier molecular flexibility index (Phi) is 8.08. The van der Waals surface area contributed by atoms with E-state index < -0.39 is 11.6 Å². The van der Waals surface area contributed by atoms with Gasteiger partial charge in [-0.05, 0) is 40.5 Å². The van der Waals surface area contributed by atoms with Crippen molar-refractivity contribution in [3.63, 3.8) is 0 Å². The lowest BCUT2D eigenvalue weighted by Crippen LogP contribution is -2.30. The van der Waals surface area contributed by atoms with E-state index in [1.807, 2.05) is 27.7 Å². The summed E-state index contributed by atoms with van der Waals surface area (Å²) in [4.78, 5) is 0. The van der Waals surface area contributed by atoms with Gasteiger partial charge in [0.1, 0.15) is 6.10 Å². The molecule has 2 saturated heterocycles. The summed E-state index contributed by atoms with van der Waals surface area (Å²) < 4.78 is 16.7. The van der Waals surface area contributed by atoms with E-state index in [9.17, 15) is 0 Å². The minimum Gasteiger partial charge on any atom is -0.375 e. The number of ether oxygens (including phenoxy) is 3. The Hall–Kier alpha value is -0.200. The zero-order valence-corrected chi connectivity index (χ0v) is 13.1. The van der Waals surface area contributed by atoms with Crippen molar-refractivity contribution < 1.29 is 24.4 Å². The summed E-state index contributed by atoms with van der Waals surface area (Å²) in [5, 5.41) is 16.2. The molecule has 5 nitrogen and oxygen atoms in total. The number of hydrogen-bond donors (Lipinski definition) is 2. The number of rotatable bonds is 1. The van der Waals surface area contributed by atoms with E-state index in [4.69, 9.17) is 24.4 Å². The van der Waals surface area contributed by atoms with Crippen molar-refractivity contribution in [2.24, 2.45) is 0 Å². The maximum Gasteiger partial charge on any atom is 0.163 e. The Morgan fingerprint density at radius 1 is 1.11 bits per heavy atom. The minimum atomic E-state index is -1.50. The zero-order valence-electron chi connectivity index (χ0n) is 13.1. The summed E-state index contributed by atoms with van der Waals surface area (Å²) in [5.74, 6) is -1.91. The van der Waals surface area contributed by atoms with Crippen LogP contribution >= 0.6 is 0 Å². The second-order valence-electron chi connectivity index (χ2n) is 5.41. The van der Waals surface area contributed by atoms with Crippen LogP contribution in [0.2, 0.25) is 0 Å². The lowest BCUT2D eigenvalue weighted by molar-refractivity contribution is -0.151. The lowest BCUT2D eigenvalue weighted by Gasteiger charge is -2.20. The van der Waals surface area contributed by atoms with Crippen molar-refractivity contribution in [2.75, 3.05) is 13.2 Å². The van der Waals surface area contributed by atoms with Crippen molar-refractivity contribution in [3.8, 4) is 0 Å². The summed E-state index contributed by atoms with van der Waals surface area (Å²) in [5.41, 5.74) is 0. The molecule has 0 aromatic rings. The van der Waals surface area contributed by atoms with Gasteiger partial charge in [-0.3, -0.25) is 0 Å². The quantitative estimate of drug-likeness (QED) is 0.719. The normalized spacial score (nSPS) is 29.1. The Morgan fingerprint density at radius 3 is 1.95 bits per heavy atom. The van der Waals surface area contributed by atoms with Crippen LogP contribution in [0, 0.1) is 0 Å². The lowest BCUT2D eigenvalue weighted by atomic mass is 10.1. The fourth-order valence-corrected chi connectivity index (χ4v) is 1.79. The molecule has 2 heterocycles. The van der Waals surface area contributed by atoms with Crippen LogP contribution in [0.25, 0.3) is 0 Å². The highest BCUT2D eigenvalue weighted by Crippen LogP contribution is 2.28. The minimum absolute atomic E-state index is 0.155. The topological polar surface area (TPSA) is 68.2 Å². The van der Waals surface area contributed by atoms with Crippen LogP contribution in [-0.2, 0) is 14.2 Å². The first-order valence-corrected chi connectivity index (χ1v) is 7.05. The van der Waals surface area contributed by atoms with E-state index in [1.165, 1.54) is 13.8 Å². The molecule has 116 valence electrons. The van der Waals surface area contributed by atoms with E-state index in [-0.39, 0.29) is 12.2 Å². The maximum absolute atomic E-state index is 8.08. The molecular formula is C14H30O5. The SMILES string of the molecule is CC.CC(C)(O)O.CC1(C)OCC(C2CCCO2)O1. The summed E-state index contributed by atoms with van der Waals surface area (Å²) in [6.07, 6.45) is 2.70. The molecule has 0 saturated carbocycles. The molecule has 0 amide bonds. The van der Waals surface area contributed by atoms with Crippen LogP contribution < -0.4 is 0 Å². The Bertz CT molecular complexity index is 222. The predicted octanol–water partition coefficient (Wildman–Crippen LogP) is 2.05. The smallest absolute Gasteiger partial charge is 0.163 e. The summed E-state index contributed by atoms with van der Waals surface area (Å²) in [6, 6.07) is 0. The molecule has 2 fully saturated rings. The van der Waals surface area contributed by atoms with Gasteiger partial charge in [-0.15, -0.1) is 0 Å². The molecule has 0 spiro atoms. The Labute approximate surface area is 116 Å². The van der Waals surface area contributed by atoms with Gasteiger partial charge in [0.2, 0.25) is 0 Å². The van der Waals surface area contributed by atoms with Gasteiger partial charge in [-0.1, -0.05) is 13.8 Å². The third-order valence-corrected chi connectivity index (χ3v) is 2.41. The van der Waals surface area contributed by atoms with Gasteiger partial charge in [0.15, 0.2) is 11.6 Å². The summed E-state index contributed by atoms with van der Waals surface area (Å²) >= 11 is 0. The van der Waals surface area contributed by atoms with Crippen LogP contribution in [0.1, 0.15) is 54.4 Å². The van der Waals surface area contributed by atoms with E-state index in [2.05, 4.69) is 0 Å². The molecule has 0 aliphatic carbocycles. The zero-order chi connectivity index (χ0) is 15.1. The maximum atomic E-state index is 8.08. The van der Waals surface area contributed by atoms with Gasteiger partial charge in [-0.2, -0.15) is 0 Å². The molecule has 0 aromatic heterocycles. The van der Waals surface area contributed by atoms with Gasteiger partial charge in [0.05, 0.1) is 12.7 Å². The molecule has 0 aromatic carbocycles. The highest BCUT2D eigenvalue weighted by atomic mass is 16.7. The second-order valence-corrected chi connectivity index (χ2v) is 5.41. The first-order chi connectivity index (χ1) is 8.67. The Balaban J connectivity index is 0.000000396. The molecule has 19 heavy (non-hydrogen) atoms. The van der Waals surface area contributed by atoms with Crippen molar-refractivity contribution >= 4 is 0 Å². The highest BCUT2D eigenvalue weighted by Gasteiger charge is 2.38. The van der Waals surface area contributed by atoms with Crippen LogP contribution in [0.5, 0.6) is 0 Å². The largest absolute Gasteiger partial charge is 0.375 e. The summed E-state index contributed by atoms with van der Waals surface area (Å²) in [7, 11) is 0. The van der Waals surface area contributed by atoms with Crippen molar-refractivity contribution in [1.82, 2.24) is 0 Å². The third kappa shape index (κ3) is 9.35. The van der Waals surface area contributed by atoms with E-state index in [0.29, 0.717) is 6.61 Å². The molecule has 2 atom stereocenters. The van der Waals surface area contributed by atoms with E-state index in [0.717, 1.165) is 19.4 Å². The predicted molar refractivity (Wildman–Crippen MR) is 73.7 cm³/mol. The van der Waals surface area contributed by atoms with Crippen molar-refractivity contribution in [3.05, 3.63) is 0 Å². The first kappa shape index (κ1) is 18.8. The first-order valence-electron chi connectivity index (χ1n) is 7.05. The van der Waals surface area contributed by atoms with Crippen LogP contribution in [0.4, 0.5) is 0 Å². The molecule has 0 bridgehead atoms.